The molecule has 0 heteroatoms. The molecule has 1 aliphatic carbocycles. The molecule has 0 saturated carbocycles. The van der Waals surface area contributed by atoms with Crippen LogP contribution in [0.5, 0.6) is 0 Å². The fraction of sp³-hybridized carbons (Fsp3) is 0.529. The van der Waals surface area contributed by atoms with Crippen LogP contribution in [0.25, 0.3) is 6.08 Å². The molecule has 0 N–H and O–H groups in total. The molecule has 1 aromatic rings. The highest BCUT2D eigenvalue weighted by Crippen LogP contribution is 2.48. The van der Waals surface area contributed by atoms with Gasteiger partial charge in [-0.15, -0.1) is 0 Å². The lowest BCUT2D eigenvalue weighted by atomic mass is 9.71. The van der Waals surface area contributed by atoms with Crippen LogP contribution in [-0.2, 0) is 5.41 Å². The number of benzene rings is 1. The third-order valence-corrected chi connectivity index (χ3v) is 4.20. The van der Waals surface area contributed by atoms with Gasteiger partial charge in [-0.25, -0.2) is 0 Å². The topological polar surface area (TPSA) is 0 Å². The second kappa shape index (κ2) is 4.68. The van der Waals surface area contributed by atoms with E-state index in [-0.39, 0.29) is 0 Å². The summed E-state index contributed by atoms with van der Waals surface area (Å²) in [6.07, 6.45) is 7.51. The van der Waals surface area contributed by atoms with E-state index < -0.39 is 0 Å². The molecule has 0 aliphatic heterocycles. The van der Waals surface area contributed by atoms with Gasteiger partial charge in [-0.3, -0.25) is 0 Å². The summed E-state index contributed by atoms with van der Waals surface area (Å²) >= 11 is 0. The van der Waals surface area contributed by atoms with E-state index in [1.807, 2.05) is 0 Å². The summed E-state index contributed by atoms with van der Waals surface area (Å²) in [4.78, 5) is 0. The Kier molecular flexibility index (Phi) is 3.42. The summed E-state index contributed by atoms with van der Waals surface area (Å²) in [5, 5.41) is 0. The van der Waals surface area contributed by atoms with E-state index in [1.54, 1.807) is 11.1 Å². The lowest BCUT2D eigenvalue weighted by molar-refractivity contribution is 0.425. The molecule has 1 aromatic carbocycles. The zero-order valence-corrected chi connectivity index (χ0v) is 11.6. The maximum absolute atomic E-state index is 2.41. The van der Waals surface area contributed by atoms with Crippen molar-refractivity contribution >= 4 is 6.08 Å². The van der Waals surface area contributed by atoms with Crippen molar-refractivity contribution in [3.05, 3.63) is 40.5 Å². The number of rotatable bonds is 4. The molecule has 17 heavy (non-hydrogen) atoms. The number of hydrogen-bond acceptors (Lipinski definition) is 0. The third kappa shape index (κ3) is 1.94. The molecule has 0 bridgehead atoms. The number of hydrogen-bond donors (Lipinski definition) is 0. The average Bonchev–Trinajstić information content (AvgIpc) is 2.54. The first-order valence-corrected chi connectivity index (χ1v) is 6.94. The van der Waals surface area contributed by atoms with Gasteiger partial charge in [-0.1, -0.05) is 62.1 Å². The Labute approximate surface area is 106 Å². The average molecular weight is 228 g/mol. The van der Waals surface area contributed by atoms with E-state index in [4.69, 9.17) is 0 Å². The van der Waals surface area contributed by atoms with Gasteiger partial charge in [-0.05, 0) is 37.8 Å². The zero-order chi connectivity index (χ0) is 12.5. The Morgan fingerprint density at radius 3 is 2.24 bits per heavy atom. The van der Waals surface area contributed by atoms with Crippen LogP contribution in [0.1, 0.15) is 63.1 Å². The molecule has 0 atom stereocenters. The minimum atomic E-state index is 0.338. The minimum Gasteiger partial charge on any atom is -0.0653 e. The van der Waals surface area contributed by atoms with Crippen LogP contribution in [0.3, 0.4) is 0 Å². The molecular formula is C17H24. The minimum absolute atomic E-state index is 0.338. The molecule has 0 unspecified atom stereocenters. The maximum Gasteiger partial charge on any atom is 0.0168 e. The van der Waals surface area contributed by atoms with Crippen LogP contribution in [0, 0.1) is 6.92 Å². The molecule has 0 aromatic heterocycles. The van der Waals surface area contributed by atoms with Gasteiger partial charge in [0, 0.05) is 5.41 Å². The van der Waals surface area contributed by atoms with Gasteiger partial charge in [-0.2, -0.15) is 0 Å². The molecule has 0 saturated heterocycles. The summed E-state index contributed by atoms with van der Waals surface area (Å²) in [6.45, 7) is 9.13. The molecule has 0 amide bonds. The van der Waals surface area contributed by atoms with Gasteiger partial charge in [0.05, 0.1) is 0 Å². The summed E-state index contributed by atoms with van der Waals surface area (Å²) < 4.78 is 0. The quantitative estimate of drug-likeness (QED) is 0.660. The maximum atomic E-state index is 2.41. The van der Waals surface area contributed by atoms with Gasteiger partial charge in [0.2, 0.25) is 0 Å². The monoisotopic (exact) mass is 228 g/mol. The normalized spacial score (nSPS) is 16.8. The van der Waals surface area contributed by atoms with Crippen LogP contribution in [0.2, 0.25) is 0 Å². The Bertz CT molecular complexity index is 431. The first-order chi connectivity index (χ1) is 8.14. The van der Waals surface area contributed by atoms with Gasteiger partial charge >= 0.3 is 0 Å². The summed E-state index contributed by atoms with van der Waals surface area (Å²) in [6, 6.07) is 6.94. The molecule has 92 valence electrons. The lowest BCUT2D eigenvalue weighted by Crippen LogP contribution is -2.25. The van der Waals surface area contributed by atoms with Crippen molar-refractivity contribution in [3.8, 4) is 0 Å². The number of fused-ring (bicyclic) bond motifs is 1. The molecule has 0 radical (unpaired) electrons. The van der Waals surface area contributed by atoms with Crippen LogP contribution >= 0.6 is 0 Å². The molecule has 1 aliphatic rings. The standard InChI is InChI=1S/C17H24/c1-5-9-17(10-6-2)14(4)12-15-8-7-13(3)11-16(15)17/h7-8,11-12H,5-6,9-10H2,1-4H3. The number of aryl methyl sites for hydroxylation is 1. The summed E-state index contributed by atoms with van der Waals surface area (Å²) in [5.41, 5.74) is 6.34. The predicted octanol–water partition coefficient (Wildman–Crippen LogP) is 5.25. The van der Waals surface area contributed by atoms with Crippen molar-refractivity contribution in [1.29, 1.82) is 0 Å². The molecule has 2 rings (SSSR count). The van der Waals surface area contributed by atoms with Crippen molar-refractivity contribution in [3.63, 3.8) is 0 Å². The summed E-state index contributed by atoms with van der Waals surface area (Å²) in [7, 11) is 0. The smallest absolute Gasteiger partial charge is 0.0168 e. The van der Waals surface area contributed by atoms with Crippen molar-refractivity contribution in [2.24, 2.45) is 0 Å². The van der Waals surface area contributed by atoms with Gasteiger partial charge in [0.1, 0.15) is 0 Å². The fourth-order valence-corrected chi connectivity index (χ4v) is 3.44. The lowest BCUT2D eigenvalue weighted by Gasteiger charge is -2.33. The highest BCUT2D eigenvalue weighted by atomic mass is 14.4. The highest BCUT2D eigenvalue weighted by Gasteiger charge is 2.37. The van der Waals surface area contributed by atoms with E-state index >= 15 is 0 Å². The van der Waals surface area contributed by atoms with E-state index in [0.717, 1.165) is 0 Å². The SMILES string of the molecule is CCCC1(CCC)C(C)=Cc2ccc(C)cc21. The van der Waals surface area contributed by atoms with Gasteiger partial charge in [0.25, 0.3) is 0 Å². The van der Waals surface area contributed by atoms with Gasteiger partial charge < -0.3 is 0 Å². The first kappa shape index (κ1) is 12.4. The van der Waals surface area contributed by atoms with Crippen molar-refractivity contribution in [2.45, 2.75) is 58.8 Å². The van der Waals surface area contributed by atoms with Crippen molar-refractivity contribution in [2.75, 3.05) is 0 Å². The predicted molar refractivity (Wildman–Crippen MR) is 76.3 cm³/mol. The highest BCUT2D eigenvalue weighted by molar-refractivity contribution is 5.69. The van der Waals surface area contributed by atoms with Crippen LogP contribution in [0.4, 0.5) is 0 Å². The second-order valence-electron chi connectivity index (χ2n) is 5.50. The van der Waals surface area contributed by atoms with E-state index in [0.29, 0.717) is 5.41 Å². The molecule has 0 spiro atoms. The summed E-state index contributed by atoms with van der Waals surface area (Å²) in [5.74, 6) is 0. The fourth-order valence-electron chi connectivity index (χ4n) is 3.44. The van der Waals surface area contributed by atoms with Crippen LogP contribution < -0.4 is 0 Å². The van der Waals surface area contributed by atoms with Crippen molar-refractivity contribution in [1.82, 2.24) is 0 Å². The zero-order valence-electron chi connectivity index (χ0n) is 11.6. The number of allylic oxidation sites excluding steroid dienone is 1. The third-order valence-electron chi connectivity index (χ3n) is 4.20. The Morgan fingerprint density at radius 1 is 1.00 bits per heavy atom. The largest absolute Gasteiger partial charge is 0.0653 e. The van der Waals surface area contributed by atoms with Crippen LogP contribution in [0.15, 0.2) is 23.8 Å². The Hall–Kier alpha value is -1.04. The van der Waals surface area contributed by atoms with E-state index in [2.05, 4.69) is 52.0 Å². The molecular weight excluding hydrogens is 204 g/mol. The van der Waals surface area contributed by atoms with E-state index in [9.17, 15) is 0 Å². The Morgan fingerprint density at radius 2 is 1.65 bits per heavy atom. The van der Waals surface area contributed by atoms with E-state index in [1.165, 1.54) is 36.8 Å². The molecule has 0 heterocycles. The second-order valence-corrected chi connectivity index (χ2v) is 5.50. The van der Waals surface area contributed by atoms with Gasteiger partial charge in [0.15, 0.2) is 0 Å². The molecule has 0 nitrogen and oxygen atoms in total. The van der Waals surface area contributed by atoms with Crippen LogP contribution in [-0.4, -0.2) is 0 Å². The first-order valence-electron chi connectivity index (χ1n) is 6.94. The Balaban J connectivity index is 2.53. The van der Waals surface area contributed by atoms with Crippen molar-refractivity contribution < 1.29 is 0 Å². The molecule has 0 fully saturated rings.